The highest BCUT2D eigenvalue weighted by molar-refractivity contribution is 5.71. The third-order valence-corrected chi connectivity index (χ3v) is 1.55. The molecule has 2 amide bonds. The highest BCUT2D eigenvalue weighted by Gasteiger charge is 2.02. The second kappa shape index (κ2) is 6.87. The van der Waals surface area contributed by atoms with Crippen molar-refractivity contribution in [2.75, 3.05) is 6.54 Å². The van der Waals surface area contributed by atoms with Crippen LogP contribution >= 0.6 is 0 Å². The van der Waals surface area contributed by atoms with Crippen molar-refractivity contribution in [1.82, 2.24) is 5.32 Å². The molecule has 0 aliphatic rings. The summed E-state index contributed by atoms with van der Waals surface area (Å²) in [5.74, 6) is 0. The lowest BCUT2D eigenvalue weighted by atomic mass is 10.1. The Labute approximate surface area is 72.7 Å². The molecule has 7 N–H and O–H groups in total. The quantitative estimate of drug-likeness (QED) is 0.321. The molecule has 0 bridgehead atoms. The van der Waals surface area contributed by atoms with Gasteiger partial charge in [-0.15, -0.1) is 0 Å². The van der Waals surface area contributed by atoms with Crippen LogP contribution in [0.15, 0.2) is 0 Å². The van der Waals surface area contributed by atoms with Gasteiger partial charge in [0.15, 0.2) is 0 Å². The van der Waals surface area contributed by atoms with Gasteiger partial charge in [0.25, 0.3) is 0 Å². The summed E-state index contributed by atoms with van der Waals surface area (Å²) in [6.07, 6.45) is 3.45. The fraction of sp³-hybridized carbons (Fsp3) is 0.857. The van der Waals surface area contributed by atoms with E-state index in [0.717, 1.165) is 25.7 Å². The number of carbonyl (C=O) groups excluding carboxylic acids is 1. The normalized spacial score (nSPS) is 12.5. The molecule has 0 saturated carbocycles. The Hall–Kier alpha value is -0.810. The molecule has 1 unspecified atom stereocenters. The molecular formula is C7H18N4O. The van der Waals surface area contributed by atoms with Crippen molar-refractivity contribution in [2.24, 2.45) is 17.2 Å². The lowest BCUT2D eigenvalue weighted by Crippen LogP contribution is -2.44. The van der Waals surface area contributed by atoms with Crippen LogP contribution in [0.5, 0.6) is 0 Å². The van der Waals surface area contributed by atoms with E-state index in [0.29, 0.717) is 6.54 Å². The van der Waals surface area contributed by atoms with Crippen molar-refractivity contribution >= 4 is 6.03 Å². The van der Waals surface area contributed by atoms with Crippen LogP contribution in [0.3, 0.4) is 0 Å². The Bertz CT molecular complexity index is 129. The highest BCUT2D eigenvalue weighted by Crippen LogP contribution is 1.99. The zero-order chi connectivity index (χ0) is 9.40. The number of unbranched alkanes of at least 4 members (excludes halogenated alkanes) is 2. The van der Waals surface area contributed by atoms with Gasteiger partial charge in [-0.2, -0.15) is 0 Å². The van der Waals surface area contributed by atoms with Gasteiger partial charge in [-0.05, 0) is 19.4 Å². The second-order valence-corrected chi connectivity index (χ2v) is 2.75. The summed E-state index contributed by atoms with van der Waals surface area (Å²) in [6.45, 7) is 0.707. The molecule has 0 rings (SSSR count). The fourth-order valence-corrected chi connectivity index (χ4v) is 0.940. The lowest BCUT2D eigenvalue weighted by Gasteiger charge is -2.10. The molecule has 5 heteroatoms. The first-order chi connectivity index (χ1) is 5.66. The predicted molar refractivity (Wildman–Crippen MR) is 48.2 cm³/mol. The van der Waals surface area contributed by atoms with Crippen LogP contribution in [0, 0.1) is 0 Å². The van der Waals surface area contributed by atoms with Crippen LogP contribution in [-0.4, -0.2) is 18.7 Å². The molecule has 0 spiro atoms. The topological polar surface area (TPSA) is 107 Å². The number of nitrogens with two attached hydrogens (primary N) is 3. The van der Waals surface area contributed by atoms with E-state index in [1.165, 1.54) is 0 Å². The van der Waals surface area contributed by atoms with Crippen molar-refractivity contribution in [3.63, 3.8) is 0 Å². The first-order valence-electron chi connectivity index (χ1n) is 4.18. The Morgan fingerprint density at radius 3 is 2.50 bits per heavy atom. The van der Waals surface area contributed by atoms with Gasteiger partial charge in [-0.1, -0.05) is 12.8 Å². The van der Waals surface area contributed by atoms with E-state index in [4.69, 9.17) is 17.2 Å². The SMILES string of the molecule is NCCCCCC(N)NC(N)=O. The summed E-state index contributed by atoms with van der Waals surface area (Å²) >= 11 is 0. The molecule has 1 atom stereocenters. The largest absolute Gasteiger partial charge is 0.352 e. The van der Waals surface area contributed by atoms with E-state index in [1.54, 1.807) is 0 Å². The maximum absolute atomic E-state index is 10.3. The Morgan fingerprint density at radius 2 is 2.00 bits per heavy atom. The van der Waals surface area contributed by atoms with Crippen LogP contribution in [0.1, 0.15) is 25.7 Å². The molecule has 0 aliphatic heterocycles. The average molecular weight is 174 g/mol. The minimum Gasteiger partial charge on any atom is -0.352 e. The zero-order valence-corrected chi connectivity index (χ0v) is 7.25. The number of rotatable bonds is 6. The molecule has 12 heavy (non-hydrogen) atoms. The first-order valence-corrected chi connectivity index (χ1v) is 4.18. The molecule has 0 radical (unpaired) electrons. The summed E-state index contributed by atoms with van der Waals surface area (Å²) in [4.78, 5) is 10.3. The Morgan fingerprint density at radius 1 is 1.33 bits per heavy atom. The second-order valence-electron chi connectivity index (χ2n) is 2.75. The lowest BCUT2D eigenvalue weighted by molar-refractivity contribution is 0.244. The van der Waals surface area contributed by atoms with Crippen molar-refractivity contribution in [3.05, 3.63) is 0 Å². The predicted octanol–water partition coefficient (Wildman–Crippen LogP) is -0.541. The maximum Gasteiger partial charge on any atom is 0.313 e. The molecule has 72 valence electrons. The summed E-state index contributed by atoms with van der Waals surface area (Å²) < 4.78 is 0. The van der Waals surface area contributed by atoms with E-state index in [-0.39, 0.29) is 6.17 Å². The van der Waals surface area contributed by atoms with E-state index in [1.807, 2.05) is 0 Å². The first kappa shape index (κ1) is 11.2. The van der Waals surface area contributed by atoms with Crippen molar-refractivity contribution in [1.29, 1.82) is 0 Å². The summed E-state index contributed by atoms with van der Waals surface area (Å²) in [5.41, 5.74) is 15.7. The fourth-order valence-electron chi connectivity index (χ4n) is 0.940. The monoisotopic (exact) mass is 174 g/mol. The molecule has 0 saturated heterocycles. The van der Waals surface area contributed by atoms with Crippen molar-refractivity contribution < 1.29 is 4.79 Å². The Balaban J connectivity index is 3.19. The number of amides is 2. The van der Waals surface area contributed by atoms with Crippen molar-refractivity contribution in [2.45, 2.75) is 31.8 Å². The molecular weight excluding hydrogens is 156 g/mol. The number of hydrogen-bond donors (Lipinski definition) is 4. The van der Waals surface area contributed by atoms with E-state index in [2.05, 4.69) is 5.32 Å². The average Bonchev–Trinajstić information content (AvgIpc) is 1.97. The van der Waals surface area contributed by atoms with Gasteiger partial charge >= 0.3 is 6.03 Å². The zero-order valence-electron chi connectivity index (χ0n) is 7.25. The van der Waals surface area contributed by atoms with Crippen LogP contribution < -0.4 is 22.5 Å². The molecule has 0 aliphatic carbocycles. The van der Waals surface area contributed by atoms with Gasteiger partial charge in [-0.3, -0.25) is 0 Å². The van der Waals surface area contributed by atoms with Gasteiger partial charge in [0.1, 0.15) is 0 Å². The van der Waals surface area contributed by atoms with Gasteiger partial charge in [0.05, 0.1) is 6.17 Å². The van der Waals surface area contributed by atoms with Crippen LogP contribution in [0.25, 0.3) is 0 Å². The minimum atomic E-state index is -0.568. The van der Waals surface area contributed by atoms with Crippen LogP contribution in [-0.2, 0) is 0 Å². The van der Waals surface area contributed by atoms with Gasteiger partial charge in [0, 0.05) is 0 Å². The smallest absolute Gasteiger partial charge is 0.313 e. The minimum absolute atomic E-state index is 0.319. The van der Waals surface area contributed by atoms with Crippen molar-refractivity contribution in [3.8, 4) is 0 Å². The molecule has 0 aromatic rings. The number of urea groups is 1. The molecule has 0 fully saturated rings. The molecule has 0 heterocycles. The number of nitrogens with one attached hydrogen (secondary N) is 1. The van der Waals surface area contributed by atoms with E-state index >= 15 is 0 Å². The maximum atomic E-state index is 10.3. The summed E-state index contributed by atoms with van der Waals surface area (Å²) in [7, 11) is 0. The van der Waals surface area contributed by atoms with Gasteiger partial charge in [-0.25, -0.2) is 4.79 Å². The Kier molecular flexibility index (Phi) is 6.41. The summed E-state index contributed by atoms with van der Waals surface area (Å²) in [5, 5.41) is 2.41. The third kappa shape index (κ3) is 7.30. The van der Waals surface area contributed by atoms with E-state index < -0.39 is 6.03 Å². The highest BCUT2D eigenvalue weighted by atomic mass is 16.2. The molecule has 5 nitrogen and oxygen atoms in total. The van der Waals surface area contributed by atoms with Gasteiger partial charge < -0.3 is 22.5 Å². The standard InChI is InChI=1S/C7H18N4O/c8-5-3-1-2-4-6(9)11-7(10)12/h6H,1-5,8-9H2,(H3,10,11,12). The molecule has 0 aromatic carbocycles. The van der Waals surface area contributed by atoms with Crippen LogP contribution in [0.4, 0.5) is 4.79 Å². The number of primary amides is 1. The molecule has 0 aromatic heterocycles. The van der Waals surface area contributed by atoms with Gasteiger partial charge in [0.2, 0.25) is 0 Å². The number of carbonyl (C=O) groups is 1. The number of hydrogen-bond acceptors (Lipinski definition) is 3. The third-order valence-electron chi connectivity index (χ3n) is 1.55. The van der Waals surface area contributed by atoms with Crippen LogP contribution in [0.2, 0.25) is 0 Å². The summed E-state index contributed by atoms with van der Waals surface area (Å²) in [6, 6.07) is -0.568. The van der Waals surface area contributed by atoms with E-state index in [9.17, 15) is 4.79 Å².